The predicted molar refractivity (Wildman–Crippen MR) is 91.5 cm³/mol. The number of urea groups is 1. The van der Waals surface area contributed by atoms with E-state index >= 15 is 0 Å². The number of nitrogens with one attached hydrogen (secondary N) is 2. The maximum Gasteiger partial charge on any atom is 0.408 e. The van der Waals surface area contributed by atoms with Crippen LogP contribution in [0.4, 0.5) is 29.5 Å². The van der Waals surface area contributed by atoms with E-state index in [2.05, 4.69) is 15.7 Å². The van der Waals surface area contributed by atoms with Gasteiger partial charge in [-0.15, -0.1) is 0 Å². The summed E-state index contributed by atoms with van der Waals surface area (Å²) in [5.41, 5.74) is 1.05. The number of carbonyl (C=O) groups excluding carboxylic acids is 1. The molecule has 7 nitrogen and oxygen atoms in total. The number of halogens is 3. The topological polar surface area (TPSA) is 71.4 Å². The molecule has 2 aromatic rings. The molecule has 0 atom stereocenters. The van der Waals surface area contributed by atoms with Gasteiger partial charge in [-0.05, 0) is 19.1 Å². The second-order valence-electron chi connectivity index (χ2n) is 5.88. The van der Waals surface area contributed by atoms with Crippen molar-refractivity contribution in [3.63, 3.8) is 0 Å². The number of hydrogen-bond acceptors (Lipinski definition) is 4. The lowest BCUT2D eigenvalue weighted by molar-refractivity contribution is -0.141. The molecule has 0 spiro atoms. The van der Waals surface area contributed by atoms with Crippen LogP contribution >= 0.6 is 0 Å². The Morgan fingerprint density at radius 3 is 2.69 bits per heavy atom. The number of benzene rings is 1. The summed E-state index contributed by atoms with van der Waals surface area (Å²) in [4.78, 5) is 13.9. The summed E-state index contributed by atoms with van der Waals surface area (Å²) >= 11 is 0. The maximum absolute atomic E-state index is 12.9. The second kappa shape index (κ2) is 7.40. The van der Waals surface area contributed by atoms with E-state index in [4.69, 9.17) is 4.74 Å². The lowest BCUT2D eigenvalue weighted by atomic mass is 10.1. The zero-order valence-electron chi connectivity index (χ0n) is 14.3. The standard InChI is InChI=1S/C16H20F3N5O2/c1-2-20-15(25)21-14-13-11(23-6-8-26-9-7-23)4-3-5-12(13)24(22-14)10-16(17,18)19/h3-5H,2,6-10H2,1H3,(H2,20,21,22,25). The molecule has 0 radical (unpaired) electrons. The molecular formula is C16H20F3N5O2. The summed E-state index contributed by atoms with van der Waals surface area (Å²) in [6.45, 7) is 3.21. The number of fused-ring (bicyclic) bond motifs is 1. The number of aromatic nitrogens is 2. The molecule has 142 valence electrons. The van der Waals surface area contributed by atoms with Crippen LogP contribution in [-0.4, -0.2) is 54.8 Å². The van der Waals surface area contributed by atoms with Gasteiger partial charge in [0.2, 0.25) is 0 Å². The van der Waals surface area contributed by atoms with E-state index in [0.29, 0.717) is 43.8 Å². The first-order chi connectivity index (χ1) is 12.4. The van der Waals surface area contributed by atoms with Gasteiger partial charge >= 0.3 is 12.2 Å². The number of ether oxygens (including phenoxy) is 1. The van der Waals surface area contributed by atoms with E-state index in [1.807, 2.05) is 11.0 Å². The summed E-state index contributed by atoms with van der Waals surface area (Å²) in [7, 11) is 0. The van der Waals surface area contributed by atoms with Gasteiger partial charge in [-0.1, -0.05) is 6.07 Å². The van der Waals surface area contributed by atoms with Crippen LogP contribution in [0.15, 0.2) is 18.2 Å². The molecule has 1 fully saturated rings. The molecule has 0 aliphatic carbocycles. The summed E-state index contributed by atoms with van der Waals surface area (Å²) in [6.07, 6.45) is -4.42. The SMILES string of the molecule is CCNC(=O)Nc1nn(CC(F)(F)F)c2cccc(N3CCOCC3)c12. The third-order valence-electron chi connectivity index (χ3n) is 4.01. The third kappa shape index (κ3) is 4.01. The van der Waals surface area contributed by atoms with E-state index in [1.54, 1.807) is 19.1 Å². The fraction of sp³-hybridized carbons (Fsp3) is 0.500. The normalized spacial score (nSPS) is 15.3. The average Bonchev–Trinajstić information content (AvgIpc) is 2.92. The first kappa shape index (κ1) is 18.3. The predicted octanol–water partition coefficient (Wildman–Crippen LogP) is 2.58. The lowest BCUT2D eigenvalue weighted by Crippen LogP contribution is -2.36. The molecule has 26 heavy (non-hydrogen) atoms. The van der Waals surface area contributed by atoms with Gasteiger partial charge in [-0.3, -0.25) is 10.00 Å². The summed E-state index contributed by atoms with van der Waals surface area (Å²) in [5.74, 6) is 0.109. The zero-order valence-corrected chi connectivity index (χ0v) is 14.3. The Labute approximate surface area is 148 Å². The van der Waals surface area contributed by atoms with Crippen molar-refractivity contribution in [3.8, 4) is 0 Å². The smallest absolute Gasteiger partial charge is 0.378 e. The minimum Gasteiger partial charge on any atom is -0.378 e. The van der Waals surface area contributed by atoms with Crippen molar-refractivity contribution >= 4 is 28.4 Å². The van der Waals surface area contributed by atoms with Crippen molar-refractivity contribution in [3.05, 3.63) is 18.2 Å². The van der Waals surface area contributed by atoms with Gasteiger partial charge in [-0.2, -0.15) is 18.3 Å². The number of morpholine rings is 1. The van der Waals surface area contributed by atoms with Crippen LogP contribution in [0.25, 0.3) is 10.9 Å². The molecule has 2 amide bonds. The molecule has 3 rings (SSSR count). The largest absolute Gasteiger partial charge is 0.408 e. The molecule has 2 N–H and O–H groups in total. The summed E-state index contributed by atoms with van der Waals surface area (Å²) in [6, 6.07) is 4.57. The quantitative estimate of drug-likeness (QED) is 0.867. The Hall–Kier alpha value is -2.49. The molecule has 1 aromatic heterocycles. The number of anilines is 2. The second-order valence-corrected chi connectivity index (χ2v) is 5.88. The molecule has 1 aliphatic heterocycles. The minimum absolute atomic E-state index is 0.109. The molecular weight excluding hydrogens is 351 g/mol. The zero-order chi connectivity index (χ0) is 18.7. The van der Waals surface area contributed by atoms with Gasteiger partial charge in [0, 0.05) is 19.6 Å². The van der Waals surface area contributed by atoms with Gasteiger partial charge in [0.05, 0.1) is 29.8 Å². The summed E-state index contributed by atoms with van der Waals surface area (Å²) in [5, 5.41) is 9.63. The number of hydrogen-bond donors (Lipinski definition) is 2. The van der Waals surface area contributed by atoms with E-state index in [0.717, 1.165) is 10.4 Å². The Morgan fingerprint density at radius 2 is 2.04 bits per heavy atom. The van der Waals surface area contributed by atoms with Gasteiger partial charge in [-0.25, -0.2) is 4.79 Å². The first-order valence-corrected chi connectivity index (χ1v) is 8.33. The molecule has 1 saturated heterocycles. The number of carbonyl (C=O) groups is 1. The van der Waals surface area contributed by atoms with Crippen LogP contribution in [0.3, 0.4) is 0 Å². The van der Waals surface area contributed by atoms with Crippen molar-refractivity contribution in [1.29, 1.82) is 0 Å². The minimum atomic E-state index is -4.42. The average molecular weight is 371 g/mol. The Kier molecular flexibility index (Phi) is 5.21. The van der Waals surface area contributed by atoms with Crippen LogP contribution in [0.2, 0.25) is 0 Å². The van der Waals surface area contributed by atoms with Gasteiger partial charge in [0.15, 0.2) is 5.82 Å². The van der Waals surface area contributed by atoms with E-state index < -0.39 is 18.8 Å². The first-order valence-electron chi connectivity index (χ1n) is 8.33. The molecule has 10 heteroatoms. The maximum atomic E-state index is 12.9. The Morgan fingerprint density at radius 1 is 1.31 bits per heavy atom. The summed E-state index contributed by atoms with van der Waals surface area (Å²) < 4.78 is 45.0. The Bertz CT molecular complexity index is 784. The molecule has 1 aliphatic rings. The monoisotopic (exact) mass is 371 g/mol. The fourth-order valence-electron chi connectivity index (χ4n) is 2.97. The van der Waals surface area contributed by atoms with Gasteiger partial charge < -0.3 is 15.0 Å². The number of rotatable bonds is 4. The van der Waals surface area contributed by atoms with Crippen molar-refractivity contribution in [2.75, 3.05) is 43.1 Å². The molecule has 0 unspecified atom stereocenters. The van der Waals surface area contributed by atoms with Crippen molar-refractivity contribution in [2.24, 2.45) is 0 Å². The van der Waals surface area contributed by atoms with Crippen molar-refractivity contribution in [2.45, 2.75) is 19.6 Å². The number of nitrogens with zero attached hydrogens (tertiary/aromatic N) is 3. The molecule has 0 bridgehead atoms. The van der Waals surface area contributed by atoms with Gasteiger partial charge in [0.1, 0.15) is 6.54 Å². The number of alkyl halides is 3. The van der Waals surface area contributed by atoms with Crippen molar-refractivity contribution in [1.82, 2.24) is 15.1 Å². The lowest BCUT2D eigenvalue weighted by Gasteiger charge is -2.29. The van der Waals surface area contributed by atoms with E-state index in [-0.39, 0.29) is 5.82 Å². The van der Waals surface area contributed by atoms with Crippen LogP contribution in [-0.2, 0) is 11.3 Å². The molecule has 1 aromatic carbocycles. The van der Waals surface area contributed by atoms with Crippen molar-refractivity contribution < 1.29 is 22.7 Å². The number of amides is 2. The van der Waals surface area contributed by atoms with Crippen LogP contribution in [0.1, 0.15) is 6.92 Å². The highest BCUT2D eigenvalue weighted by molar-refractivity contribution is 6.05. The van der Waals surface area contributed by atoms with Gasteiger partial charge in [0.25, 0.3) is 0 Å². The highest BCUT2D eigenvalue weighted by Crippen LogP contribution is 2.34. The highest BCUT2D eigenvalue weighted by Gasteiger charge is 2.31. The van der Waals surface area contributed by atoms with E-state index in [1.165, 1.54) is 0 Å². The molecule has 0 saturated carbocycles. The van der Waals surface area contributed by atoms with E-state index in [9.17, 15) is 18.0 Å². The molecule has 2 heterocycles. The van der Waals surface area contributed by atoms with Crippen LogP contribution in [0, 0.1) is 0 Å². The Balaban J connectivity index is 2.08. The van der Waals surface area contributed by atoms with Crippen LogP contribution < -0.4 is 15.5 Å². The fourth-order valence-corrected chi connectivity index (χ4v) is 2.97. The van der Waals surface area contributed by atoms with Crippen LogP contribution in [0.5, 0.6) is 0 Å². The highest BCUT2D eigenvalue weighted by atomic mass is 19.4. The third-order valence-corrected chi connectivity index (χ3v) is 4.01.